The van der Waals surface area contributed by atoms with E-state index < -0.39 is 11.9 Å². The van der Waals surface area contributed by atoms with Crippen molar-refractivity contribution in [1.29, 1.82) is 0 Å². The fourth-order valence-electron chi connectivity index (χ4n) is 4.52. The summed E-state index contributed by atoms with van der Waals surface area (Å²) in [5, 5.41) is 3.07. The fourth-order valence-corrected chi connectivity index (χ4v) is 4.52. The minimum absolute atomic E-state index is 0.0109. The predicted octanol–water partition coefficient (Wildman–Crippen LogP) is 3.29. The van der Waals surface area contributed by atoms with Gasteiger partial charge in [-0.25, -0.2) is 14.8 Å². The summed E-state index contributed by atoms with van der Waals surface area (Å²) in [7, 11) is 1.87. The van der Waals surface area contributed by atoms with Gasteiger partial charge in [0.25, 0.3) is 5.91 Å². The largest absolute Gasteiger partial charge is 0.457 e. The lowest BCUT2D eigenvalue weighted by Crippen LogP contribution is -2.43. The van der Waals surface area contributed by atoms with Gasteiger partial charge in [0.2, 0.25) is 5.91 Å². The topological polar surface area (TPSA) is 131 Å². The highest BCUT2D eigenvalue weighted by Gasteiger charge is 2.36. The Balaban J connectivity index is 1.53. The smallest absolute Gasteiger partial charge is 0.338 e. The van der Waals surface area contributed by atoms with Crippen LogP contribution in [0.5, 0.6) is 0 Å². The summed E-state index contributed by atoms with van der Waals surface area (Å²) in [5.41, 5.74) is 7.24. The zero-order valence-corrected chi connectivity index (χ0v) is 21.3. The molecule has 4 rings (SSSR count). The molecule has 1 saturated heterocycles. The van der Waals surface area contributed by atoms with Crippen molar-refractivity contribution < 1.29 is 19.1 Å². The summed E-state index contributed by atoms with van der Waals surface area (Å²) in [4.78, 5) is 49.4. The first-order valence-corrected chi connectivity index (χ1v) is 12.2. The third-order valence-electron chi connectivity index (χ3n) is 6.60. The van der Waals surface area contributed by atoms with E-state index in [1.54, 1.807) is 29.2 Å². The van der Waals surface area contributed by atoms with E-state index in [2.05, 4.69) is 21.9 Å². The molecule has 3 aromatic rings. The number of likely N-dealkylation sites (tertiary alicyclic amines) is 1. The predicted molar refractivity (Wildman–Crippen MR) is 144 cm³/mol. The van der Waals surface area contributed by atoms with Gasteiger partial charge in [-0.2, -0.15) is 0 Å². The van der Waals surface area contributed by atoms with Gasteiger partial charge in [-0.3, -0.25) is 9.59 Å². The highest BCUT2D eigenvalue weighted by Crippen LogP contribution is 2.28. The SMILES string of the molecule is C=CC(=O)N1CC[C@@H](N(C)c2cnc(C(N)=O)c(Nc3cccc(C(=O)OCc4ccccc4)c3)n2)[C@H]1C. The maximum Gasteiger partial charge on any atom is 0.338 e. The Bertz CT molecular complexity index is 1350. The summed E-state index contributed by atoms with van der Waals surface area (Å²) in [6.07, 6.45) is 3.54. The standard InChI is InChI=1S/C28H30N6O4/c1-4-24(35)34-14-13-22(18(34)2)33(3)23-16-30-25(26(29)36)27(32-23)31-21-12-8-11-20(15-21)28(37)38-17-19-9-6-5-7-10-19/h4-12,15-16,18,22H,1,13-14,17H2,2-3H3,(H2,29,36)(H,31,32)/t18-,22-/m1/s1. The van der Waals surface area contributed by atoms with Gasteiger partial charge in [-0.05, 0) is 43.2 Å². The van der Waals surface area contributed by atoms with E-state index in [1.165, 1.54) is 12.3 Å². The Kier molecular flexibility index (Phi) is 8.00. The minimum atomic E-state index is -0.746. The van der Waals surface area contributed by atoms with Crippen LogP contribution in [0.2, 0.25) is 0 Å². The first kappa shape index (κ1) is 26.3. The summed E-state index contributed by atoms with van der Waals surface area (Å²) in [5.74, 6) is -0.694. The number of ether oxygens (including phenoxy) is 1. The van der Waals surface area contributed by atoms with Crippen LogP contribution in [0, 0.1) is 0 Å². The number of nitrogens with zero attached hydrogens (tertiary/aromatic N) is 4. The molecule has 0 aliphatic carbocycles. The molecule has 2 amide bonds. The number of amides is 2. The summed E-state index contributed by atoms with van der Waals surface area (Å²) in [6, 6.07) is 16.0. The number of anilines is 3. The van der Waals surface area contributed by atoms with Crippen LogP contribution in [0.4, 0.5) is 17.3 Å². The second-order valence-electron chi connectivity index (χ2n) is 9.00. The maximum absolute atomic E-state index is 12.6. The molecule has 1 aromatic heterocycles. The average molecular weight is 515 g/mol. The van der Waals surface area contributed by atoms with Crippen LogP contribution in [-0.4, -0.2) is 58.3 Å². The summed E-state index contributed by atoms with van der Waals surface area (Å²) >= 11 is 0. The second kappa shape index (κ2) is 11.5. The van der Waals surface area contributed by atoms with E-state index in [9.17, 15) is 14.4 Å². The molecule has 10 nitrogen and oxygen atoms in total. The van der Waals surface area contributed by atoms with Crippen LogP contribution in [-0.2, 0) is 16.1 Å². The van der Waals surface area contributed by atoms with Crippen LogP contribution >= 0.6 is 0 Å². The monoisotopic (exact) mass is 514 g/mol. The van der Waals surface area contributed by atoms with Crippen molar-refractivity contribution in [3.05, 3.63) is 90.3 Å². The number of carbonyl (C=O) groups is 3. The molecule has 1 fully saturated rings. The van der Waals surface area contributed by atoms with Gasteiger partial charge in [0.1, 0.15) is 12.4 Å². The number of benzene rings is 2. The van der Waals surface area contributed by atoms with Crippen molar-refractivity contribution in [1.82, 2.24) is 14.9 Å². The maximum atomic E-state index is 12.6. The lowest BCUT2D eigenvalue weighted by Gasteiger charge is -2.31. The fraction of sp³-hybridized carbons (Fsp3) is 0.250. The van der Waals surface area contributed by atoms with E-state index in [1.807, 2.05) is 49.2 Å². The molecule has 10 heteroatoms. The van der Waals surface area contributed by atoms with E-state index >= 15 is 0 Å². The Hall–Kier alpha value is -4.73. The van der Waals surface area contributed by atoms with E-state index in [-0.39, 0.29) is 36.1 Å². The van der Waals surface area contributed by atoms with Crippen molar-refractivity contribution in [2.45, 2.75) is 32.0 Å². The molecule has 1 aliphatic rings. The number of hydrogen-bond donors (Lipinski definition) is 2. The van der Waals surface area contributed by atoms with Crippen LogP contribution in [0.1, 0.15) is 39.8 Å². The van der Waals surface area contributed by atoms with Gasteiger partial charge in [-0.15, -0.1) is 0 Å². The molecule has 2 heterocycles. The number of rotatable bonds is 9. The average Bonchev–Trinajstić information content (AvgIpc) is 3.32. The molecule has 1 aliphatic heterocycles. The Labute approximate surface area is 221 Å². The molecule has 196 valence electrons. The lowest BCUT2D eigenvalue weighted by atomic mass is 10.1. The Morgan fingerprint density at radius 1 is 1.21 bits per heavy atom. The number of esters is 1. The quantitative estimate of drug-likeness (QED) is 0.329. The third-order valence-corrected chi connectivity index (χ3v) is 6.60. The van der Waals surface area contributed by atoms with Gasteiger partial charge in [-0.1, -0.05) is 43.0 Å². The molecule has 0 radical (unpaired) electrons. The van der Waals surface area contributed by atoms with Crippen molar-refractivity contribution in [3.63, 3.8) is 0 Å². The van der Waals surface area contributed by atoms with Crippen molar-refractivity contribution in [2.24, 2.45) is 5.73 Å². The van der Waals surface area contributed by atoms with Crippen molar-refractivity contribution in [3.8, 4) is 0 Å². The van der Waals surface area contributed by atoms with Crippen molar-refractivity contribution in [2.75, 3.05) is 23.8 Å². The number of carbonyl (C=O) groups excluding carboxylic acids is 3. The first-order chi connectivity index (χ1) is 18.3. The molecule has 0 saturated carbocycles. The Morgan fingerprint density at radius 3 is 2.68 bits per heavy atom. The van der Waals surface area contributed by atoms with Crippen LogP contribution in [0.15, 0.2) is 73.4 Å². The number of nitrogens with two attached hydrogens (primary N) is 1. The number of nitrogens with one attached hydrogen (secondary N) is 1. The molecule has 38 heavy (non-hydrogen) atoms. The number of likely N-dealkylation sites (N-methyl/N-ethyl adjacent to an activating group) is 1. The van der Waals surface area contributed by atoms with E-state index in [0.717, 1.165) is 12.0 Å². The highest BCUT2D eigenvalue weighted by molar-refractivity contribution is 5.97. The van der Waals surface area contributed by atoms with Crippen molar-refractivity contribution >= 4 is 35.1 Å². The zero-order chi connectivity index (χ0) is 27.2. The number of primary amides is 1. The number of hydrogen-bond acceptors (Lipinski definition) is 8. The van der Waals surface area contributed by atoms with Gasteiger partial charge < -0.3 is 25.6 Å². The van der Waals surface area contributed by atoms with E-state index in [0.29, 0.717) is 23.6 Å². The molecule has 0 bridgehead atoms. The lowest BCUT2D eigenvalue weighted by molar-refractivity contribution is -0.126. The molecule has 0 spiro atoms. The van der Waals surface area contributed by atoms with Crippen LogP contribution in [0.25, 0.3) is 0 Å². The van der Waals surface area contributed by atoms with Gasteiger partial charge in [0.15, 0.2) is 11.5 Å². The molecular weight excluding hydrogens is 484 g/mol. The molecule has 2 aromatic carbocycles. The van der Waals surface area contributed by atoms with Gasteiger partial charge in [0.05, 0.1) is 17.8 Å². The van der Waals surface area contributed by atoms with Gasteiger partial charge >= 0.3 is 5.97 Å². The molecule has 2 atom stereocenters. The van der Waals surface area contributed by atoms with Crippen LogP contribution < -0.4 is 16.0 Å². The molecule has 0 unspecified atom stereocenters. The zero-order valence-electron chi connectivity index (χ0n) is 21.3. The number of aromatic nitrogens is 2. The van der Waals surface area contributed by atoms with E-state index in [4.69, 9.17) is 10.5 Å². The first-order valence-electron chi connectivity index (χ1n) is 12.2. The third kappa shape index (κ3) is 5.80. The summed E-state index contributed by atoms with van der Waals surface area (Å²) < 4.78 is 5.42. The minimum Gasteiger partial charge on any atom is -0.457 e. The van der Waals surface area contributed by atoms with Crippen LogP contribution in [0.3, 0.4) is 0 Å². The highest BCUT2D eigenvalue weighted by atomic mass is 16.5. The second-order valence-corrected chi connectivity index (χ2v) is 9.00. The normalized spacial score (nSPS) is 16.5. The summed E-state index contributed by atoms with van der Waals surface area (Å²) in [6.45, 7) is 6.31. The Morgan fingerprint density at radius 2 is 1.97 bits per heavy atom. The molecule has 3 N–H and O–H groups in total. The van der Waals surface area contributed by atoms with Gasteiger partial charge in [0, 0.05) is 25.3 Å². The molecular formula is C28H30N6O4.